The number of hydrogen-bond acceptors (Lipinski definition) is 4. The van der Waals surface area contributed by atoms with Crippen molar-refractivity contribution in [2.24, 2.45) is 5.92 Å². The number of amides is 3. The molecule has 0 aliphatic carbocycles. The van der Waals surface area contributed by atoms with Crippen LogP contribution in [0, 0.1) is 5.92 Å². The molecule has 1 atom stereocenters. The molecule has 0 rings (SSSR count). The SMILES string of the molecule is CCC(C)(NCC(=O)NC(=O)NCC(C)C)C(=O)O. The van der Waals surface area contributed by atoms with Crippen LogP contribution in [-0.4, -0.2) is 41.6 Å². The van der Waals surface area contributed by atoms with E-state index in [2.05, 4.69) is 16.0 Å². The van der Waals surface area contributed by atoms with E-state index in [1.807, 2.05) is 13.8 Å². The maximum absolute atomic E-state index is 11.5. The van der Waals surface area contributed by atoms with Gasteiger partial charge in [0, 0.05) is 6.54 Å². The highest BCUT2D eigenvalue weighted by Gasteiger charge is 2.30. The van der Waals surface area contributed by atoms with E-state index < -0.39 is 23.4 Å². The lowest BCUT2D eigenvalue weighted by molar-refractivity contribution is -0.144. The fourth-order valence-electron chi connectivity index (χ4n) is 1.14. The maximum atomic E-state index is 11.5. The van der Waals surface area contributed by atoms with Crippen molar-refractivity contribution in [1.29, 1.82) is 0 Å². The fourth-order valence-corrected chi connectivity index (χ4v) is 1.14. The molecule has 110 valence electrons. The van der Waals surface area contributed by atoms with Gasteiger partial charge in [0.15, 0.2) is 0 Å². The molecule has 19 heavy (non-hydrogen) atoms. The third-order valence-corrected chi connectivity index (χ3v) is 2.74. The van der Waals surface area contributed by atoms with E-state index in [-0.39, 0.29) is 12.5 Å². The highest BCUT2D eigenvalue weighted by Crippen LogP contribution is 2.08. The highest BCUT2D eigenvalue weighted by molar-refractivity contribution is 5.95. The van der Waals surface area contributed by atoms with Crippen LogP contribution in [0.1, 0.15) is 34.1 Å². The number of carbonyl (C=O) groups excluding carboxylic acids is 2. The Labute approximate surface area is 113 Å². The number of carboxylic acids is 1. The predicted molar refractivity (Wildman–Crippen MR) is 70.7 cm³/mol. The van der Waals surface area contributed by atoms with Gasteiger partial charge in [0.1, 0.15) is 5.54 Å². The van der Waals surface area contributed by atoms with Gasteiger partial charge in [-0.3, -0.25) is 20.2 Å². The van der Waals surface area contributed by atoms with Crippen LogP contribution in [0.4, 0.5) is 4.79 Å². The Hall–Kier alpha value is -1.63. The molecule has 0 saturated heterocycles. The molecule has 0 aliphatic rings. The summed E-state index contributed by atoms with van der Waals surface area (Å²) in [7, 11) is 0. The van der Waals surface area contributed by atoms with Gasteiger partial charge in [-0.1, -0.05) is 20.8 Å². The first-order valence-electron chi connectivity index (χ1n) is 6.27. The van der Waals surface area contributed by atoms with E-state index in [1.165, 1.54) is 6.92 Å². The van der Waals surface area contributed by atoms with E-state index in [1.54, 1.807) is 6.92 Å². The van der Waals surface area contributed by atoms with Crippen LogP contribution >= 0.6 is 0 Å². The molecule has 0 aromatic heterocycles. The second kappa shape index (κ2) is 7.73. The van der Waals surface area contributed by atoms with E-state index >= 15 is 0 Å². The molecule has 4 N–H and O–H groups in total. The first kappa shape index (κ1) is 17.4. The van der Waals surface area contributed by atoms with Crippen molar-refractivity contribution in [3.05, 3.63) is 0 Å². The summed E-state index contributed by atoms with van der Waals surface area (Å²) in [4.78, 5) is 33.7. The number of urea groups is 1. The summed E-state index contributed by atoms with van der Waals surface area (Å²) in [6.45, 7) is 7.29. The van der Waals surface area contributed by atoms with Gasteiger partial charge in [-0.2, -0.15) is 0 Å². The Balaban J connectivity index is 4.12. The number of carboxylic acid groups (broad SMARTS) is 1. The lowest BCUT2D eigenvalue weighted by Gasteiger charge is -2.24. The topological polar surface area (TPSA) is 108 Å². The molecule has 0 aromatic carbocycles. The normalized spacial score (nSPS) is 13.7. The molecule has 7 heteroatoms. The minimum Gasteiger partial charge on any atom is -0.480 e. The second-order valence-electron chi connectivity index (χ2n) is 5.00. The molecule has 7 nitrogen and oxygen atoms in total. The number of rotatable bonds is 7. The largest absolute Gasteiger partial charge is 0.480 e. The number of imide groups is 1. The van der Waals surface area contributed by atoms with Crippen molar-refractivity contribution in [2.75, 3.05) is 13.1 Å². The van der Waals surface area contributed by atoms with E-state index in [4.69, 9.17) is 5.11 Å². The quantitative estimate of drug-likeness (QED) is 0.534. The van der Waals surface area contributed by atoms with Crippen LogP contribution in [0.5, 0.6) is 0 Å². The van der Waals surface area contributed by atoms with Crippen molar-refractivity contribution in [3.63, 3.8) is 0 Å². The summed E-state index contributed by atoms with van der Waals surface area (Å²) in [5, 5.41) is 16.3. The molecule has 0 aliphatic heterocycles. The maximum Gasteiger partial charge on any atom is 0.323 e. The Morgan fingerprint density at radius 2 is 1.84 bits per heavy atom. The molecular formula is C12H23N3O4. The van der Waals surface area contributed by atoms with Crippen molar-refractivity contribution < 1.29 is 19.5 Å². The number of aliphatic carboxylic acids is 1. The molecule has 1 unspecified atom stereocenters. The van der Waals surface area contributed by atoms with Gasteiger partial charge in [-0.05, 0) is 19.3 Å². The van der Waals surface area contributed by atoms with Gasteiger partial charge in [0.2, 0.25) is 5.91 Å². The molecular weight excluding hydrogens is 250 g/mol. The summed E-state index contributed by atoms with van der Waals surface area (Å²) in [6.07, 6.45) is 0.329. The lowest BCUT2D eigenvalue weighted by atomic mass is 9.99. The predicted octanol–water partition coefficient (Wildman–Crippen LogP) is 0.311. The third-order valence-electron chi connectivity index (χ3n) is 2.74. The van der Waals surface area contributed by atoms with Crippen LogP contribution in [0.25, 0.3) is 0 Å². The summed E-state index contributed by atoms with van der Waals surface area (Å²) in [5.74, 6) is -1.32. The fraction of sp³-hybridized carbons (Fsp3) is 0.750. The summed E-state index contributed by atoms with van der Waals surface area (Å²) in [5.41, 5.74) is -1.17. The Morgan fingerprint density at radius 3 is 2.26 bits per heavy atom. The zero-order valence-electron chi connectivity index (χ0n) is 11.9. The van der Waals surface area contributed by atoms with Crippen molar-refractivity contribution >= 4 is 17.9 Å². The van der Waals surface area contributed by atoms with Crippen LogP contribution in [-0.2, 0) is 9.59 Å². The molecule has 0 heterocycles. The van der Waals surface area contributed by atoms with Gasteiger partial charge >= 0.3 is 12.0 Å². The van der Waals surface area contributed by atoms with E-state index in [0.29, 0.717) is 13.0 Å². The Kier molecular flexibility index (Phi) is 7.06. The average molecular weight is 273 g/mol. The van der Waals surface area contributed by atoms with Crippen molar-refractivity contribution in [2.45, 2.75) is 39.7 Å². The average Bonchev–Trinajstić information content (AvgIpc) is 2.33. The van der Waals surface area contributed by atoms with Crippen molar-refractivity contribution in [3.8, 4) is 0 Å². The smallest absolute Gasteiger partial charge is 0.323 e. The number of nitrogens with one attached hydrogen (secondary N) is 3. The zero-order valence-corrected chi connectivity index (χ0v) is 11.9. The highest BCUT2D eigenvalue weighted by atomic mass is 16.4. The Bertz CT molecular complexity index is 344. The molecule has 0 spiro atoms. The van der Waals surface area contributed by atoms with E-state index in [0.717, 1.165) is 0 Å². The molecule has 0 bridgehead atoms. The van der Waals surface area contributed by atoms with Gasteiger partial charge in [-0.25, -0.2) is 4.79 Å². The monoisotopic (exact) mass is 273 g/mol. The standard InChI is InChI=1S/C12H23N3O4/c1-5-12(4,10(17)18)14-7-9(16)15-11(19)13-6-8(2)3/h8,14H,5-7H2,1-4H3,(H,17,18)(H2,13,15,16,19). The van der Waals surface area contributed by atoms with Crippen LogP contribution in [0.2, 0.25) is 0 Å². The minimum absolute atomic E-state index is 0.230. The number of hydrogen-bond donors (Lipinski definition) is 4. The van der Waals surface area contributed by atoms with Crippen molar-refractivity contribution in [1.82, 2.24) is 16.0 Å². The molecule has 3 amide bonds. The molecule has 0 radical (unpaired) electrons. The second-order valence-corrected chi connectivity index (χ2v) is 5.00. The Morgan fingerprint density at radius 1 is 1.26 bits per heavy atom. The van der Waals surface area contributed by atoms with Crippen LogP contribution in [0.3, 0.4) is 0 Å². The molecule has 0 fully saturated rings. The van der Waals surface area contributed by atoms with Gasteiger partial charge in [-0.15, -0.1) is 0 Å². The molecule has 0 saturated carbocycles. The summed E-state index contributed by atoms with van der Waals surface area (Å²) < 4.78 is 0. The van der Waals surface area contributed by atoms with E-state index in [9.17, 15) is 14.4 Å². The minimum atomic E-state index is -1.17. The van der Waals surface area contributed by atoms with Crippen LogP contribution in [0.15, 0.2) is 0 Å². The van der Waals surface area contributed by atoms with Gasteiger partial charge in [0.05, 0.1) is 6.54 Å². The summed E-state index contributed by atoms with van der Waals surface area (Å²) in [6, 6.07) is -0.575. The van der Waals surface area contributed by atoms with Gasteiger partial charge < -0.3 is 10.4 Å². The summed E-state index contributed by atoms with van der Waals surface area (Å²) >= 11 is 0. The molecule has 0 aromatic rings. The number of carbonyl (C=O) groups is 3. The van der Waals surface area contributed by atoms with Gasteiger partial charge in [0.25, 0.3) is 0 Å². The first-order valence-corrected chi connectivity index (χ1v) is 6.27. The van der Waals surface area contributed by atoms with Crippen LogP contribution < -0.4 is 16.0 Å². The third kappa shape index (κ3) is 6.76. The zero-order chi connectivity index (χ0) is 15.1. The lowest BCUT2D eigenvalue weighted by Crippen LogP contribution is -2.53. The first-order chi connectivity index (χ1) is 8.71.